The van der Waals surface area contributed by atoms with Crippen molar-refractivity contribution in [1.82, 2.24) is 10.2 Å². The van der Waals surface area contributed by atoms with Gasteiger partial charge in [0.1, 0.15) is 5.60 Å². The van der Waals surface area contributed by atoms with E-state index in [-0.39, 0.29) is 12.1 Å². The van der Waals surface area contributed by atoms with Gasteiger partial charge in [-0.05, 0) is 83.0 Å². The summed E-state index contributed by atoms with van der Waals surface area (Å²) in [6.45, 7) is 7.92. The minimum Gasteiger partial charge on any atom is -0.444 e. The Hall–Kier alpha value is -0.770. The molecule has 5 aliphatic rings. The van der Waals surface area contributed by atoms with Crippen LogP contribution < -0.4 is 5.32 Å². The summed E-state index contributed by atoms with van der Waals surface area (Å²) in [5.74, 6) is 3.94. The second-order valence-corrected chi connectivity index (χ2v) is 9.55. The van der Waals surface area contributed by atoms with Gasteiger partial charge in [-0.1, -0.05) is 0 Å². The van der Waals surface area contributed by atoms with Crippen LogP contribution in [0.25, 0.3) is 0 Å². The molecule has 4 aliphatic carbocycles. The average molecular weight is 320 g/mol. The van der Waals surface area contributed by atoms with Crippen LogP contribution in [0.15, 0.2) is 0 Å². The van der Waals surface area contributed by atoms with E-state index in [0.717, 1.165) is 49.2 Å². The molecule has 4 heteroatoms. The van der Waals surface area contributed by atoms with Crippen molar-refractivity contribution < 1.29 is 9.53 Å². The largest absolute Gasteiger partial charge is 0.444 e. The van der Waals surface area contributed by atoms with Gasteiger partial charge in [0.2, 0.25) is 0 Å². The van der Waals surface area contributed by atoms with E-state index in [1.54, 1.807) is 0 Å². The van der Waals surface area contributed by atoms with Crippen LogP contribution in [-0.2, 0) is 4.74 Å². The highest BCUT2D eigenvalue weighted by molar-refractivity contribution is 5.68. The predicted molar refractivity (Wildman–Crippen MR) is 90.2 cm³/mol. The predicted octanol–water partition coefficient (Wildman–Crippen LogP) is 3.41. The number of likely N-dealkylation sites (tertiary alicyclic amines) is 1. The first kappa shape index (κ1) is 15.7. The van der Waals surface area contributed by atoms with Crippen molar-refractivity contribution in [2.24, 2.45) is 23.7 Å². The molecule has 1 heterocycles. The summed E-state index contributed by atoms with van der Waals surface area (Å²) < 4.78 is 5.41. The van der Waals surface area contributed by atoms with E-state index in [0.29, 0.717) is 0 Å². The summed E-state index contributed by atoms with van der Waals surface area (Å²) >= 11 is 0. The highest BCUT2D eigenvalue weighted by atomic mass is 16.6. The molecule has 4 saturated carbocycles. The van der Waals surface area contributed by atoms with Crippen LogP contribution in [-0.4, -0.2) is 41.8 Å². The molecule has 0 radical (unpaired) electrons. The summed E-state index contributed by atoms with van der Waals surface area (Å²) in [5.41, 5.74) is -0.413. The molecule has 130 valence electrons. The Morgan fingerprint density at radius 1 is 1.04 bits per heavy atom. The van der Waals surface area contributed by atoms with Gasteiger partial charge in [0.25, 0.3) is 0 Å². The van der Waals surface area contributed by atoms with E-state index in [9.17, 15) is 4.79 Å². The Kier molecular flexibility index (Phi) is 3.86. The maximum atomic E-state index is 12.0. The second kappa shape index (κ2) is 5.65. The molecule has 4 bridgehead atoms. The molecule has 23 heavy (non-hydrogen) atoms. The van der Waals surface area contributed by atoms with Gasteiger partial charge in [-0.3, -0.25) is 4.90 Å². The van der Waals surface area contributed by atoms with Crippen LogP contribution in [0.1, 0.15) is 59.3 Å². The first-order chi connectivity index (χ1) is 10.9. The summed E-state index contributed by atoms with van der Waals surface area (Å²) in [5, 5.41) is 3.08. The molecule has 0 aromatic heterocycles. The van der Waals surface area contributed by atoms with Crippen LogP contribution >= 0.6 is 0 Å². The molecular weight excluding hydrogens is 288 g/mol. The molecule has 0 aromatic rings. The Balaban J connectivity index is 1.33. The molecule has 1 aliphatic heterocycles. The monoisotopic (exact) mass is 320 g/mol. The third-order valence-corrected chi connectivity index (χ3v) is 6.54. The highest BCUT2D eigenvalue weighted by Crippen LogP contribution is 2.55. The van der Waals surface area contributed by atoms with Crippen LogP contribution in [0.4, 0.5) is 4.79 Å². The first-order valence-electron chi connectivity index (χ1n) is 9.61. The molecule has 4 nitrogen and oxygen atoms in total. The minimum absolute atomic E-state index is 0.255. The Labute approximate surface area is 140 Å². The number of amides is 1. The lowest BCUT2D eigenvalue weighted by atomic mass is 9.54. The number of carbonyl (C=O) groups excluding carboxylic acids is 1. The molecule has 1 saturated heterocycles. The van der Waals surface area contributed by atoms with Crippen LogP contribution in [0.5, 0.6) is 0 Å². The molecule has 0 aromatic carbocycles. The molecule has 0 unspecified atom stereocenters. The molecule has 1 amide bonds. The highest BCUT2D eigenvalue weighted by Gasteiger charge is 2.50. The van der Waals surface area contributed by atoms with Gasteiger partial charge >= 0.3 is 6.09 Å². The number of ether oxygens (including phenoxy) is 1. The molecule has 1 atom stereocenters. The van der Waals surface area contributed by atoms with Gasteiger partial charge in [-0.15, -0.1) is 0 Å². The molecule has 0 spiro atoms. The van der Waals surface area contributed by atoms with E-state index in [2.05, 4.69) is 10.2 Å². The second-order valence-electron chi connectivity index (χ2n) is 9.55. The van der Waals surface area contributed by atoms with Crippen molar-refractivity contribution >= 4 is 6.09 Å². The van der Waals surface area contributed by atoms with Crippen molar-refractivity contribution in [3.8, 4) is 0 Å². The van der Waals surface area contributed by atoms with Gasteiger partial charge in [0, 0.05) is 25.2 Å². The number of nitrogens with zero attached hydrogens (tertiary/aromatic N) is 1. The van der Waals surface area contributed by atoms with Crippen molar-refractivity contribution in [3.05, 3.63) is 0 Å². The van der Waals surface area contributed by atoms with E-state index in [4.69, 9.17) is 4.74 Å². The Morgan fingerprint density at radius 3 is 2.22 bits per heavy atom. The zero-order valence-corrected chi connectivity index (χ0v) is 14.9. The smallest absolute Gasteiger partial charge is 0.407 e. The Bertz CT molecular complexity index is 442. The van der Waals surface area contributed by atoms with Crippen molar-refractivity contribution in [2.45, 2.75) is 77.0 Å². The quantitative estimate of drug-likeness (QED) is 0.848. The normalized spacial score (nSPS) is 42.9. The van der Waals surface area contributed by atoms with Crippen molar-refractivity contribution in [2.75, 3.05) is 13.1 Å². The molecule has 5 fully saturated rings. The number of rotatable bonds is 2. The molecule has 5 rings (SSSR count). The Morgan fingerprint density at radius 2 is 1.65 bits per heavy atom. The fourth-order valence-corrected chi connectivity index (χ4v) is 6.14. The molecule has 1 N–H and O–H groups in total. The van der Waals surface area contributed by atoms with E-state index >= 15 is 0 Å². The zero-order valence-electron chi connectivity index (χ0n) is 14.9. The number of hydrogen-bond acceptors (Lipinski definition) is 3. The van der Waals surface area contributed by atoms with Gasteiger partial charge in [-0.2, -0.15) is 0 Å². The third-order valence-electron chi connectivity index (χ3n) is 6.54. The van der Waals surface area contributed by atoms with Gasteiger partial charge in [0.05, 0.1) is 0 Å². The topological polar surface area (TPSA) is 41.6 Å². The van der Waals surface area contributed by atoms with Crippen molar-refractivity contribution in [3.63, 3.8) is 0 Å². The lowest BCUT2D eigenvalue weighted by Crippen LogP contribution is -2.55. The summed E-state index contributed by atoms with van der Waals surface area (Å²) in [4.78, 5) is 14.7. The van der Waals surface area contributed by atoms with Crippen LogP contribution in [0.2, 0.25) is 0 Å². The fourth-order valence-electron chi connectivity index (χ4n) is 6.14. The standard InChI is InChI=1S/C19H32N2O2/c1-19(2,3)23-18(22)20-16-4-5-21(11-16)17-14-7-12-6-13(9-14)10-15(17)8-12/h12-17H,4-11H2,1-3H3,(H,20,22)/t12?,13?,14?,15?,16-,17?/m0/s1. The number of nitrogens with one attached hydrogen (secondary N) is 1. The van der Waals surface area contributed by atoms with E-state index in [1.165, 1.54) is 32.1 Å². The van der Waals surface area contributed by atoms with Crippen molar-refractivity contribution in [1.29, 1.82) is 0 Å². The lowest BCUT2D eigenvalue weighted by Gasteiger charge is -2.56. The maximum absolute atomic E-state index is 12.0. The average Bonchev–Trinajstić information content (AvgIpc) is 2.83. The summed E-state index contributed by atoms with van der Waals surface area (Å²) in [7, 11) is 0. The molecular formula is C19H32N2O2. The maximum Gasteiger partial charge on any atom is 0.407 e. The number of alkyl carbamates (subject to hydrolysis) is 1. The fraction of sp³-hybridized carbons (Fsp3) is 0.947. The third kappa shape index (κ3) is 3.24. The van der Waals surface area contributed by atoms with Gasteiger partial charge < -0.3 is 10.1 Å². The van der Waals surface area contributed by atoms with Gasteiger partial charge in [0.15, 0.2) is 0 Å². The van der Waals surface area contributed by atoms with Gasteiger partial charge in [-0.25, -0.2) is 4.79 Å². The SMILES string of the molecule is CC(C)(C)OC(=O)N[C@H]1CCN(C2C3CC4CC(C3)CC2C4)C1. The minimum atomic E-state index is -0.413. The van der Waals surface area contributed by atoms with Crippen LogP contribution in [0, 0.1) is 23.7 Å². The number of hydrogen-bond donors (Lipinski definition) is 1. The number of carbonyl (C=O) groups is 1. The van der Waals surface area contributed by atoms with Crippen LogP contribution in [0.3, 0.4) is 0 Å². The first-order valence-corrected chi connectivity index (χ1v) is 9.61. The zero-order chi connectivity index (χ0) is 16.2. The lowest BCUT2D eigenvalue weighted by molar-refractivity contribution is -0.0588. The van der Waals surface area contributed by atoms with E-state index in [1.807, 2.05) is 20.8 Å². The summed E-state index contributed by atoms with van der Waals surface area (Å²) in [6, 6.07) is 1.07. The summed E-state index contributed by atoms with van der Waals surface area (Å²) in [6.07, 6.45) is 8.21. The van der Waals surface area contributed by atoms with E-state index < -0.39 is 5.60 Å².